The number of halogens is 4. The minimum atomic E-state index is -4.52. The second-order valence-corrected chi connectivity index (χ2v) is 5.77. The van der Waals surface area contributed by atoms with E-state index < -0.39 is 24.3 Å². The van der Waals surface area contributed by atoms with Crippen molar-refractivity contribution in [3.05, 3.63) is 47.0 Å². The van der Waals surface area contributed by atoms with E-state index in [0.717, 1.165) is 17.0 Å². The molecule has 11 heteroatoms. The van der Waals surface area contributed by atoms with Gasteiger partial charge in [0.2, 0.25) is 0 Å². The van der Waals surface area contributed by atoms with Crippen LogP contribution in [-0.4, -0.2) is 34.8 Å². The Kier molecular flexibility index (Phi) is 5.08. The third kappa shape index (κ3) is 4.22. The summed E-state index contributed by atoms with van der Waals surface area (Å²) in [6, 6.07) is 7.54. The normalized spacial score (nSPS) is 11.4. The number of ether oxygens (including phenoxy) is 1. The molecule has 1 amide bonds. The molecule has 0 atom stereocenters. The molecule has 3 rings (SSSR count). The summed E-state index contributed by atoms with van der Waals surface area (Å²) in [7, 11) is 1.43. The highest BCUT2D eigenvalue weighted by molar-refractivity contribution is 6.31. The number of amides is 1. The molecule has 0 radical (unpaired) electrons. The van der Waals surface area contributed by atoms with Crippen molar-refractivity contribution in [1.29, 1.82) is 0 Å². The molecule has 1 N–H and O–H groups in total. The summed E-state index contributed by atoms with van der Waals surface area (Å²) >= 11 is 5.88. The molecule has 1 aromatic heterocycles. The molecule has 0 unspecified atom stereocenters. The van der Waals surface area contributed by atoms with Crippen molar-refractivity contribution < 1.29 is 27.5 Å². The number of carbonyl (C=O) groups excluding carboxylic acids is 1. The largest absolute Gasteiger partial charge is 0.495 e. The van der Waals surface area contributed by atoms with E-state index in [1.165, 1.54) is 19.2 Å². The van der Waals surface area contributed by atoms with Crippen LogP contribution in [0.3, 0.4) is 0 Å². The van der Waals surface area contributed by atoms with E-state index in [-0.39, 0.29) is 11.0 Å². The topological polar surface area (TPSA) is 78.3 Å². The first-order valence-electron chi connectivity index (χ1n) is 7.47. The van der Waals surface area contributed by atoms with Gasteiger partial charge in [0.05, 0.1) is 18.4 Å². The number of benzene rings is 2. The van der Waals surface area contributed by atoms with Crippen LogP contribution in [0.2, 0.25) is 5.02 Å². The van der Waals surface area contributed by atoms with Gasteiger partial charge in [-0.3, -0.25) is 4.79 Å². The van der Waals surface area contributed by atoms with Gasteiger partial charge in [0, 0.05) is 5.02 Å². The maximum atomic E-state index is 12.8. The maximum absolute atomic E-state index is 12.8. The average molecular weight is 401 g/mol. The molecule has 142 valence electrons. The lowest BCUT2D eigenvalue weighted by molar-refractivity contribution is -0.137. The Morgan fingerprint density at radius 3 is 2.74 bits per heavy atom. The number of aromatic nitrogens is 3. The van der Waals surface area contributed by atoms with Crippen molar-refractivity contribution in [2.45, 2.75) is 6.18 Å². The third-order valence-electron chi connectivity index (χ3n) is 3.50. The van der Waals surface area contributed by atoms with E-state index in [9.17, 15) is 18.0 Å². The van der Waals surface area contributed by atoms with Crippen LogP contribution in [0.15, 0.2) is 36.4 Å². The number of rotatable bonds is 5. The lowest BCUT2D eigenvalue weighted by Gasteiger charge is -2.11. The Balaban J connectivity index is 1.73. The van der Waals surface area contributed by atoms with Crippen LogP contribution in [0.1, 0.15) is 5.56 Å². The van der Waals surface area contributed by atoms with Gasteiger partial charge in [-0.15, -0.1) is 5.10 Å². The molecule has 0 aliphatic rings. The fourth-order valence-electron chi connectivity index (χ4n) is 2.25. The van der Waals surface area contributed by atoms with Gasteiger partial charge in [-0.25, -0.2) is 0 Å². The van der Waals surface area contributed by atoms with Gasteiger partial charge in [0.25, 0.3) is 5.91 Å². The zero-order valence-corrected chi connectivity index (χ0v) is 14.5. The number of carbonyl (C=O) groups is 1. The number of nitrogens with one attached hydrogen (secondary N) is 1. The molecule has 1 heterocycles. The minimum Gasteiger partial charge on any atom is -0.495 e. The van der Waals surface area contributed by atoms with Crippen LogP contribution in [0.25, 0.3) is 11.0 Å². The van der Waals surface area contributed by atoms with Gasteiger partial charge < -0.3 is 14.9 Å². The lowest BCUT2D eigenvalue weighted by atomic mass is 10.2. The average Bonchev–Trinajstić information content (AvgIpc) is 3.02. The van der Waals surface area contributed by atoms with E-state index in [0.29, 0.717) is 16.5 Å². The first-order valence-corrected chi connectivity index (χ1v) is 7.85. The van der Waals surface area contributed by atoms with Crippen LogP contribution in [0.5, 0.6) is 5.75 Å². The molecule has 27 heavy (non-hydrogen) atoms. The van der Waals surface area contributed by atoms with Gasteiger partial charge in [-0.2, -0.15) is 13.2 Å². The number of fused-ring (bicyclic) bond motifs is 1. The summed E-state index contributed by atoms with van der Waals surface area (Å²) < 4.78 is 43.6. The Hall–Kier alpha value is -3.01. The van der Waals surface area contributed by atoms with E-state index in [4.69, 9.17) is 21.2 Å². The fourth-order valence-corrected chi connectivity index (χ4v) is 2.43. The highest BCUT2D eigenvalue weighted by Crippen LogP contribution is 2.31. The summed E-state index contributed by atoms with van der Waals surface area (Å²) in [5.41, 5.74) is -0.380. The van der Waals surface area contributed by atoms with Crippen molar-refractivity contribution in [1.82, 2.24) is 15.2 Å². The quantitative estimate of drug-likeness (QED) is 0.711. The summed E-state index contributed by atoms with van der Waals surface area (Å²) in [4.78, 5) is 18.0. The second kappa shape index (κ2) is 7.31. The van der Waals surface area contributed by atoms with Crippen LogP contribution in [-0.2, 0) is 11.0 Å². The molecular weight excluding hydrogens is 389 g/mol. The summed E-state index contributed by atoms with van der Waals surface area (Å²) in [5, 5.41) is 10.2. The SMILES string of the molecule is COc1ccc(Cl)cc1NC(=O)COn1nnc2ccc(C(F)(F)F)cc21. The van der Waals surface area contributed by atoms with Gasteiger partial charge in [-0.1, -0.05) is 16.4 Å². The predicted octanol–water partition coefficient (Wildman–Crippen LogP) is 3.18. The summed E-state index contributed by atoms with van der Waals surface area (Å²) in [5.74, 6) is -0.208. The van der Waals surface area contributed by atoms with Crippen molar-refractivity contribution in [3.8, 4) is 5.75 Å². The molecule has 0 fully saturated rings. The predicted molar refractivity (Wildman–Crippen MR) is 90.6 cm³/mol. The van der Waals surface area contributed by atoms with Crippen LogP contribution in [0.4, 0.5) is 18.9 Å². The molecule has 0 aliphatic heterocycles. The number of alkyl halides is 3. The molecule has 0 bridgehead atoms. The smallest absolute Gasteiger partial charge is 0.416 e. The van der Waals surface area contributed by atoms with Gasteiger partial charge in [-0.05, 0) is 41.6 Å². The second-order valence-electron chi connectivity index (χ2n) is 5.33. The first kappa shape index (κ1) is 18.8. The van der Waals surface area contributed by atoms with E-state index >= 15 is 0 Å². The first-order chi connectivity index (χ1) is 12.8. The van der Waals surface area contributed by atoms with Crippen molar-refractivity contribution in [3.63, 3.8) is 0 Å². The van der Waals surface area contributed by atoms with E-state index in [1.807, 2.05) is 0 Å². The number of nitrogens with zero attached hydrogens (tertiary/aromatic N) is 3. The Bertz CT molecular complexity index is 991. The minimum absolute atomic E-state index is 0.0158. The Morgan fingerprint density at radius 2 is 2.04 bits per heavy atom. The van der Waals surface area contributed by atoms with Gasteiger partial charge in [0.1, 0.15) is 16.8 Å². The number of hydrogen-bond donors (Lipinski definition) is 1. The van der Waals surface area contributed by atoms with Crippen LogP contribution < -0.4 is 14.9 Å². The maximum Gasteiger partial charge on any atom is 0.416 e. The monoisotopic (exact) mass is 400 g/mol. The molecule has 0 spiro atoms. The molecule has 0 aliphatic carbocycles. The zero-order chi connectivity index (χ0) is 19.6. The lowest BCUT2D eigenvalue weighted by Crippen LogP contribution is -2.26. The number of anilines is 1. The molecule has 2 aromatic carbocycles. The zero-order valence-electron chi connectivity index (χ0n) is 13.7. The molecule has 0 saturated heterocycles. The highest BCUT2D eigenvalue weighted by Gasteiger charge is 2.31. The Labute approximate surface area is 155 Å². The third-order valence-corrected chi connectivity index (χ3v) is 3.73. The number of methoxy groups -OCH3 is 1. The summed E-state index contributed by atoms with van der Waals surface area (Å²) in [6.45, 7) is -0.523. The molecule has 7 nitrogen and oxygen atoms in total. The number of hydrogen-bond acceptors (Lipinski definition) is 5. The van der Waals surface area contributed by atoms with Crippen LogP contribution in [0, 0.1) is 0 Å². The van der Waals surface area contributed by atoms with Gasteiger partial charge >= 0.3 is 6.18 Å². The summed E-state index contributed by atoms with van der Waals surface area (Å²) in [6.07, 6.45) is -4.52. The fraction of sp³-hybridized carbons (Fsp3) is 0.188. The van der Waals surface area contributed by atoms with Crippen molar-refractivity contribution >= 4 is 34.2 Å². The molecular formula is C16H12ClF3N4O3. The molecule has 0 saturated carbocycles. The Morgan fingerprint density at radius 1 is 1.26 bits per heavy atom. The van der Waals surface area contributed by atoms with E-state index in [1.54, 1.807) is 12.1 Å². The molecule has 3 aromatic rings. The van der Waals surface area contributed by atoms with Crippen molar-refractivity contribution in [2.75, 3.05) is 19.0 Å². The standard InChI is InChI=1S/C16H12ClF3N4O3/c1-26-14-5-3-10(17)7-12(14)21-15(25)8-27-24-13-6-9(16(18,19)20)2-4-11(13)22-23-24/h2-7H,8H2,1H3,(H,21,25). The van der Waals surface area contributed by atoms with Gasteiger partial charge in [0.15, 0.2) is 6.61 Å². The van der Waals surface area contributed by atoms with Crippen molar-refractivity contribution in [2.24, 2.45) is 0 Å². The highest BCUT2D eigenvalue weighted by atomic mass is 35.5. The van der Waals surface area contributed by atoms with Crippen LogP contribution >= 0.6 is 11.6 Å². The van der Waals surface area contributed by atoms with E-state index in [2.05, 4.69) is 15.6 Å².